The number of nitrogens with zero attached hydrogens (tertiary/aromatic N) is 1. The van der Waals surface area contributed by atoms with Crippen molar-refractivity contribution < 1.29 is 4.39 Å². The van der Waals surface area contributed by atoms with Gasteiger partial charge in [0.2, 0.25) is 0 Å². The summed E-state index contributed by atoms with van der Waals surface area (Å²) in [5, 5.41) is 0. The first-order valence-corrected chi connectivity index (χ1v) is 7.28. The molecule has 0 saturated carbocycles. The van der Waals surface area contributed by atoms with Gasteiger partial charge in [0.05, 0.1) is 12.2 Å². The van der Waals surface area contributed by atoms with E-state index in [1.807, 2.05) is 18.2 Å². The van der Waals surface area contributed by atoms with Crippen LogP contribution in [-0.2, 0) is 0 Å². The summed E-state index contributed by atoms with van der Waals surface area (Å²) in [6.07, 6.45) is 3.89. The van der Waals surface area contributed by atoms with Gasteiger partial charge < -0.3 is 0 Å². The highest BCUT2D eigenvalue weighted by Crippen LogP contribution is 2.37. The minimum Gasteiger partial charge on any atom is -0.271 e. The van der Waals surface area contributed by atoms with E-state index in [-0.39, 0.29) is 17.8 Å². The van der Waals surface area contributed by atoms with Crippen LogP contribution in [0.1, 0.15) is 43.4 Å². The Balaban J connectivity index is 2.43. The van der Waals surface area contributed by atoms with Crippen molar-refractivity contribution in [3.63, 3.8) is 0 Å². The van der Waals surface area contributed by atoms with Crippen LogP contribution in [0.5, 0.6) is 0 Å². The monoisotopic (exact) mass is 287 g/mol. The minimum absolute atomic E-state index is 0.157. The van der Waals surface area contributed by atoms with Crippen molar-refractivity contribution in [3.8, 4) is 0 Å². The number of hydrogen-bond acceptors (Lipinski definition) is 3. The molecule has 2 aromatic rings. The van der Waals surface area contributed by atoms with Crippen LogP contribution >= 0.6 is 0 Å². The maximum Gasteiger partial charge on any atom is 0.141 e. The van der Waals surface area contributed by atoms with Crippen LogP contribution in [0.2, 0.25) is 0 Å². The highest BCUT2D eigenvalue weighted by atomic mass is 19.1. The first kappa shape index (κ1) is 15.6. The number of aromatic nitrogens is 1. The maximum absolute atomic E-state index is 13.5. The molecule has 1 aromatic carbocycles. The first-order chi connectivity index (χ1) is 10.2. The van der Waals surface area contributed by atoms with E-state index in [4.69, 9.17) is 5.84 Å². The van der Waals surface area contributed by atoms with Crippen molar-refractivity contribution in [1.29, 1.82) is 0 Å². The molecule has 0 aliphatic rings. The van der Waals surface area contributed by atoms with Gasteiger partial charge in [-0.15, -0.1) is 0 Å². The third kappa shape index (κ3) is 3.65. The van der Waals surface area contributed by atoms with E-state index in [1.54, 1.807) is 6.20 Å². The fourth-order valence-electron chi connectivity index (χ4n) is 2.78. The van der Waals surface area contributed by atoms with Gasteiger partial charge in [-0.3, -0.25) is 16.3 Å². The summed E-state index contributed by atoms with van der Waals surface area (Å²) in [6, 6.07) is 11.5. The molecule has 0 aliphatic heterocycles. The SMILES string of the molecule is CCC(C)C(c1ccccc1)C(NN)c1cncc(F)c1. The second-order valence-electron chi connectivity index (χ2n) is 5.40. The summed E-state index contributed by atoms with van der Waals surface area (Å²) in [4.78, 5) is 3.94. The molecule has 0 aliphatic carbocycles. The Bertz CT molecular complexity index is 559. The molecule has 3 unspecified atom stereocenters. The molecular formula is C17H22FN3. The Morgan fingerprint density at radius 3 is 2.48 bits per heavy atom. The summed E-state index contributed by atoms with van der Waals surface area (Å²) in [7, 11) is 0. The third-order valence-electron chi connectivity index (χ3n) is 4.07. The Labute approximate surface area is 125 Å². The molecule has 0 spiro atoms. The van der Waals surface area contributed by atoms with Gasteiger partial charge in [0.25, 0.3) is 0 Å². The average Bonchev–Trinajstić information content (AvgIpc) is 2.52. The van der Waals surface area contributed by atoms with Gasteiger partial charge in [0.15, 0.2) is 0 Å². The fourth-order valence-corrected chi connectivity index (χ4v) is 2.78. The van der Waals surface area contributed by atoms with Crippen molar-refractivity contribution in [2.75, 3.05) is 0 Å². The van der Waals surface area contributed by atoms with E-state index in [1.165, 1.54) is 17.8 Å². The Hall–Kier alpha value is -1.78. The molecule has 112 valence electrons. The fraction of sp³-hybridized carbons (Fsp3) is 0.353. The second-order valence-corrected chi connectivity index (χ2v) is 5.40. The topological polar surface area (TPSA) is 50.9 Å². The van der Waals surface area contributed by atoms with Crippen LogP contribution in [0.4, 0.5) is 4.39 Å². The van der Waals surface area contributed by atoms with Gasteiger partial charge in [0, 0.05) is 12.1 Å². The van der Waals surface area contributed by atoms with Crippen LogP contribution in [-0.4, -0.2) is 4.98 Å². The van der Waals surface area contributed by atoms with Crippen molar-refractivity contribution in [3.05, 3.63) is 65.7 Å². The number of halogens is 1. The number of hydrazine groups is 1. The van der Waals surface area contributed by atoms with E-state index < -0.39 is 0 Å². The van der Waals surface area contributed by atoms with Crippen LogP contribution in [0.15, 0.2) is 48.8 Å². The highest BCUT2D eigenvalue weighted by Gasteiger charge is 2.28. The van der Waals surface area contributed by atoms with E-state index in [2.05, 4.69) is 36.4 Å². The number of rotatable bonds is 6. The molecule has 4 heteroatoms. The second kappa shape index (κ2) is 7.29. The van der Waals surface area contributed by atoms with E-state index in [9.17, 15) is 4.39 Å². The molecule has 3 nitrogen and oxygen atoms in total. The van der Waals surface area contributed by atoms with E-state index in [0.29, 0.717) is 5.92 Å². The van der Waals surface area contributed by atoms with Crippen LogP contribution in [0.25, 0.3) is 0 Å². The van der Waals surface area contributed by atoms with Crippen LogP contribution in [0, 0.1) is 11.7 Å². The lowest BCUT2D eigenvalue weighted by molar-refractivity contribution is 0.342. The molecule has 3 atom stereocenters. The first-order valence-electron chi connectivity index (χ1n) is 7.28. The summed E-state index contributed by atoms with van der Waals surface area (Å²) < 4.78 is 13.5. The predicted octanol–water partition coefficient (Wildman–Crippen LogP) is 3.56. The van der Waals surface area contributed by atoms with Gasteiger partial charge in [-0.2, -0.15) is 0 Å². The zero-order valence-electron chi connectivity index (χ0n) is 12.5. The molecule has 1 heterocycles. The largest absolute Gasteiger partial charge is 0.271 e. The summed E-state index contributed by atoms with van der Waals surface area (Å²) in [5.74, 6) is 6.00. The molecule has 21 heavy (non-hydrogen) atoms. The Morgan fingerprint density at radius 1 is 1.19 bits per heavy atom. The number of nitrogens with two attached hydrogens (primary N) is 1. The normalized spacial score (nSPS) is 15.4. The smallest absolute Gasteiger partial charge is 0.141 e. The van der Waals surface area contributed by atoms with E-state index in [0.717, 1.165) is 12.0 Å². The average molecular weight is 287 g/mol. The van der Waals surface area contributed by atoms with Gasteiger partial charge >= 0.3 is 0 Å². The molecule has 1 aromatic heterocycles. The lowest BCUT2D eigenvalue weighted by Crippen LogP contribution is -2.35. The summed E-state index contributed by atoms with van der Waals surface area (Å²) in [5.41, 5.74) is 4.82. The highest BCUT2D eigenvalue weighted by molar-refractivity contribution is 5.27. The number of pyridine rings is 1. The minimum atomic E-state index is -0.344. The molecule has 0 radical (unpaired) electrons. The predicted molar refractivity (Wildman–Crippen MR) is 82.9 cm³/mol. The Kier molecular flexibility index (Phi) is 5.42. The molecule has 0 fully saturated rings. The number of benzene rings is 1. The summed E-state index contributed by atoms with van der Waals surface area (Å²) in [6.45, 7) is 4.34. The van der Waals surface area contributed by atoms with Crippen molar-refractivity contribution in [1.82, 2.24) is 10.4 Å². The van der Waals surface area contributed by atoms with Crippen molar-refractivity contribution in [2.24, 2.45) is 11.8 Å². The summed E-state index contributed by atoms with van der Waals surface area (Å²) >= 11 is 0. The molecule has 2 rings (SSSR count). The van der Waals surface area contributed by atoms with Gasteiger partial charge in [-0.05, 0) is 23.1 Å². The van der Waals surface area contributed by atoms with Gasteiger partial charge in [-0.1, -0.05) is 50.6 Å². The molecule has 3 N–H and O–H groups in total. The van der Waals surface area contributed by atoms with Gasteiger partial charge in [0.1, 0.15) is 5.82 Å². The number of nitrogens with one attached hydrogen (secondary N) is 1. The standard InChI is InChI=1S/C17H22FN3/c1-3-12(2)16(13-7-5-4-6-8-13)17(21-19)14-9-15(18)11-20-10-14/h4-12,16-17,21H,3,19H2,1-2H3. The van der Waals surface area contributed by atoms with Crippen molar-refractivity contribution in [2.45, 2.75) is 32.2 Å². The maximum atomic E-state index is 13.5. The Morgan fingerprint density at radius 2 is 1.90 bits per heavy atom. The quantitative estimate of drug-likeness (QED) is 0.631. The number of hydrogen-bond donors (Lipinski definition) is 2. The lowest BCUT2D eigenvalue weighted by Gasteiger charge is -2.31. The molecular weight excluding hydrogens is 265 g/mol. The van der Waals surface area contributed by atoms with Crippen LogP contribution < -0.4 is 11.3 Å². The zero-order chi connectivity index (χ0) is 15.2. The van der Waals surface area contributed by atoms with E-state index >= 15 is 0 Å². The molecule has 0 bridgehead atoms. The van der Waals surface area contributed by atoms with Gasteiger partial charge in [-0.25, -0.2) is 4.39 Å². The van der Waals surface area contributed by atoms with Crippen molar-refractivity contribution >= 4 is 0 Å². The lowest BCUT2D eigenvalue weighted by atomic mass is 9.78. The van der Waals surface area contributed by atoms with Crippen LogP contribution in [0.3, 0.4) is 0 Å². The molecule has 0 amide bonds. The molecule has 0 saturated heterocycles. The zero-order valence-corrected chi connectivity index (χ0v) is 12.5. The third-order valence-corrected chi connectivity index (χ3v) is 4.07.